The number of rotatable bonds is 3. The van der Waals surface area contributed by atoms with Gasteiger partial charge in [-0.1, -0.05) is 41.5 Å². The van der Waals surface area contributed by atoms with Crippen molar-refractivity contribution in [3.63, 3.8) is 0 Å². The molecule has 2 aromatic carbocycles. The first-order valence-corrected chi connectivity index (χ1v) is 9.53. The Hall–Kier alpha value is -2.72. The second-order valence-electron chi connectivity index (χ2n) is 7.44. The summed E-state index contributed by atoms with van der Waals surface area (Å²) in [4.78, 5) is 21.8. The van der Waals surface area contributed by atoms with E-state index in [9.17, 15) is 4.79 Å². The highest BCUT2D eigenvalue weighted by molar-refractivity contribution is 5.94. The van der Waals surface area contributed by atoms with Gasteiger partial charge in [-0.05, 0) is 37.6 Å². The van der Waals surface area contributed by atoms with E-state index in [0.29, 0.717) is 0 Å². The molecule has 4 nitrogen and oxygen atoms in total. The number of aryl methyl sites for hydroxylation is 2. The third-order valence-electron chi connectivity index (χ3n) is 5.24. The van der Waals surface area contributed by atoms with Crippen LogP contribution < -0.4 is 0 Å². The van der Waals surface area contributed by atoms with E-state index >= 15 is 0 Å². The van der Waals surface area contributed by atoms with Gasteiger partial charge < -0.3 is 4.90 Å². The van der Waals surface area contributed by atoms with Crippen LogP contribution in [0.5, 0.6) is 0 Å². The first-order valence-electron chi connectivity index (χ1n) is 9.53. The van der Waals surface area contributed by atoms with Gasteiger partial charge in [-0.3, -0.25) is 14.7 Å². The molecule has 0 unspecified atom stereocenters. The summed E-state index contributed by atoms with van der Waals surface area (Å²) >= 11 is 0. The Morgan fingerprint density at radius 2 is 1.67 bits per heavy atom. The van der Waals surface area contributed by atoms with Crippen LogP contribution in [0.15, 0.2) is 54.7 Å². The van der Waals surface area contributed by atoms with Crippen molar-refractivity contribution in [2.75, 3.05) is 26.2 Å². The Labute approximate surface area is 160 Å². The fourth-order valence-electron chi connectivity index (χ4n) is 3.93. The second kappa shape index (κ2) is 7.49. The van der Waals surface area contributed by atoms with Crippen molar-refractivity contribution in [3.05, 3.63) is 77.0 Å². The minimum atomic E-state index is 0.147. The van der Waals surface area contributed by atoms with E-state index in [1.54, 1.807) is 0 Å². The summed E-state index contributed by atoms with van der Waals surface area (Å²) < 4.78 is 0. The fourth-order valence-corrected chi connectivity index (χ4v) is 3.93. The maximum atomic E-state index is 12.8. The number of nitrogens with zero attached hydrogens (tertiary/aromatic N) is 3. The molecule has 0 saturated carbocycles. The lowest BCUT2D eigenvalue weighted by atomic mass is 10.1. The van der Waals surface area contributed by atoms with Crippen molar-refractivity contribution in [2.24, 2.45) is 0 Å². The highest BCUT2D eigenvalue weighted by Gasteiger charge is 2.22. The molecule has 4 heteroatoms. The molecule has 1 aliphatic heterocycles. The van der Waals surface area contributed by atoms with Crippen molar-refractivity contribution < 1.29 is 4.79 Å². The Balaban J connectivity index is 1.42. The molecule has 1 saturated heterocycles. The van der Waals surface area contributed by atoms with Crippen molar-refractivity contribution in [3.8, 4) is 0 Å². The lowest BCUT2D eigenvalue weighted by molar-refractivity contribution is 0.0628. The van der Waals surface area contributed by atoms with Crippen LogP contribution in [0.1, 0.15) is 27.0 Å². The van der Waals surface area contributed by atoms with Crippen LogP contribution in [0, 0.1) is 13.8 Å². The zero-order valence-corrected chi connectivity index (χ0v) is 16.0. The first-order chi connectivity index (χ1) is 13.1. The highest BCUT2D eigenvalue weighted by Crippen LogP contribution is 2.19. The zero-order valence-electron chi connectivity index (χ0n) is 16.0. The predicted octanol–water partition coefficient (Wildman–Crippen LogP) is 3.81. The largest absolute Gasteiger partial charge is 0.336 e. The number of carbonyl (C=O) groups is 1. The number of amides is 1. The number of aromatic nitrogens is 1. The van der Waals surface area contributed by atoms with Crippen LogP contribution in [-0.2, 0) is 6.54 Å². The third-order valence-corrected chi connectivity index (χ3v) is 5.24. The standard InChI is InChI=1S/C23H25N3O/c1-17-13-18(2)15-21(14-17)23(27)26-11-9-25(10-12-26)16-20-6-3-5-19-7-4-8-24-22(19)20/h3-8,13-15H,9-12,16H2,1-2H3. The molecular weight excluding hydrogens is 334 g/mol. The Bertz CT molecular complexity index is 949. The van der Waals surface area contributed by atoms with Crippen LogP contribution in [0.3, 0.4) is 0 Å². The van der Waals surface area contributed by atoms with Crippen LogP contribution in [0.2, 0.25) is 0 Å². The normalized spacial score (nSPS) is 15.3. The average Bonchev–Trinajstić information content (AvgIpc) is 2.68. The Morgan fingerprint density at radius 1 is 0.963 bits per heavy atom. The number of hydrogen-bond donors (Lipinski definition) is 0. The first kappa shape index (κ1) is 17.7. The van der Waals surface area contributed by atoms with Gasteiger partial charge in [-0.15, -0.1) is 0 Å². The van der Waals surface area contributed by atoms with Crippen LogP contribution in [0.4, 0.5) is 0 Å². The maximum Gasteiger partial charge on any atom is 0.253 e. The van der Waals surface area contributed by atoms with Gasteiger partial charge in [0.2, 0.25) is 0 Å². The topological polar surface area (TPSA) is 36.4 Å². The summed E-state index contributed by atoms with van der Waals surface area (Å²) in [6.07, 6.45) is 1.85. The molecule has 27 heavy (non-hydrogen) atoms. The van der Waals surface area contributed by atoms with E-state index in [0.717, 1.165) is 54.9 Å². The summed E-state index contributed by atoms with van der Waals surface area (Å²) in [6, 6.07) is 16.5. The van der Waals surface area contributed by atoms with Gasteiger partial charge in [0.1, 0.15) is 0 Å². The van der Waals surface area contributed by atoms with Crippen molar-refractivity contribution in [1.29, 1.82) is 0 Å². The molecule has 0 atom stereocenters. The predicted molar refractivity (Wildman–Crippen MR) is 109 cm³/mol. The third kappa shape index (κ3) is 3.86. The molecule has 1 aromatic heterocycles. The van der Waals surface area contributed by atoms with Crippen molar-refractivity contribution in [1.82, 2.24) is 14.8 Å². The van der Waals surface area contributed by atoms with E-state index in [1.807, 2.05) is 43.1 Å². The Kier molecular flexibility index (Phi) is 4.90. The van der Waals surface area contributed by atoms with Gasteiger partial charge in [-0.2, -0.15) is 0 Å². The molecule has 3 aromatic rings. The van der Waals surface area contributed by atoms with Gasteiger partial charge in [0.05, 0.1) is 5.52 Å². The van der Waals surface area contributed by atoms with Crippen molar-refractivity contribution >= 4 is 16.8 Å². The molecule has 0 spiro atoms. The van der Waals surface area contributed by atoms with Crippen LogP contribution in [0.25, 0.3) is 10.9 Å². The fraction of sp³-hybridized carbons (Fsp3) is 0.304. The van der Waals surface area contributed by atoms with E-state index in [4.69, 9.17) is 0 Å². The Morgan fingerprint density at radius 3 is 2.41 bits per heavy atom. The zero-order chi connectivity index (χ0) is 18.8. The number of para-hydroxylation sites is 1. The molecule has 1 aliphatic rings. The quantitative estimate of drug-likeness (QED) is 0.713. The molecule has 1 fully saturated rings. The number of carbonyl (C=O) groups excluding carboxylic acids is 1. The van der Waals surface area contributed by atoms with Gasteiger partial charge in [0.25, 0.3) is 5.91 Å². The minimum Gasteiger partial charge on any atom is -0.336 e. The van der Waals surface area contributed by atoms with Gasteiger partial charge >= 0.3 is 0 Å². The number of fused-ring (bicyclic) bond motifs is 1. The maximum absolute atomic E-state index is 12.8. The molecule has 4 rings (SSSR count). The summed E-state index contributed by atoms with van der Waals surface area (Å²) in [7, 11) is 0. The highest BCUT2D eigenvalue weighted by atomic mass is 16.2. The summed E-state index contributed by atoms with van der Waals surface area (Å²) in [5, 5.41) is 1.18. The molecule has 2 heterocycles. The summed E-state index contributed by atoms with van der Waals surface area (Å²) in [5.74, 6) is 0.147. The lowest BCUT2D eigenvalue weighted by Crippen LogP contribution is -2.48. The molecule has 0 radical (unpaired) electrons. The smallest absolute Gasteiger partial charge is 0.253 e. The minimum absolute atomic E-state index is 0.147. The van der Waals surface area contributed by atoms with E-state index in [2.05, 4.69) is 40.2 Å². The average molecular weight is 359 g/mol. The van der Waals surface area contributed by atoms with E-state index in [1.165, 1.54) is 10.9 Å². The molecular formula is C23H25N3O. The number of hydrogen-bond acceptors (Lipinski definition) is 3. The summed E-state index contributed by atoms with van der Waals surface area (Å²) in [5.41, 5.74) is 5.41. The summed E-state index contributed by atoms with van der Waals surface area (Å²) in [6.45, 7) is 8.27. The molecule has 0 aliphatic carbocycles. The van der Waals surface area contributed by atoms with E-state index in [-0.39, 0.29) is 5.91 Å². The number of benzene rings is 2. The molecule has 0 bridgehead atoms. The van der Waals surface area contributed by atoms with Crippen LogP contribution in [-0.4, -0.2) is 46.9 Å². The number of piperazine rings is 1. The SMILES string of the molecule is Cc1cc(C)cc(C(=O)N2CCN(Cc3cccc4cccnc34)CC2)c1. The monoisotopic (exact) mass is 359 g/mol. The lowest BCUT2D eigenvalue weighted by Gasteiger charge is -2.35. The van der Waals surface area contributed by atoms with Gasteiger partial charge in [-0.25, -0.2) is 0 Å². The molecule has 1 amide bonds. The van der Waals surface area contributed by atoms with Crippen LogP contribution >= 0.6 is 0 Å². The van der Waals surface area contributed by atoms with E-state index < -0.39 is 0 Å². The van der Waals surface area contributed by atoms with Gasteiger partial charge in [0, 0.05) is 49.9 Å². The number of pyridine rings is 1. The molecule has 138 valence electrons. The van der Waals surface area contributed by atoms with Crippen molar-refractivity contribution in [2.45, 2.75) is 20.4 Å². The van der Waals surface area contributed by atoms with Gasteiger partial charge in [0.15, 0.2) is 0 Å². The molecule has 0 N–H and O–H groups in total. The second-order valence-corrected chi connectivity index (χ2v) is 7.44.